The zero-order chi connectivity index (χ0) is 11.3. The van der Waals surface area contributed by atoms with Crippen LogP contribution in [0.2, 0.25) is 10.4 Å². The van der Waals surface area contributed by atoms with Gasteiger partial charge in [0.05, 0.1) is 0 Å². The lowest BCUT2D eigenvalue weighted by atomic mass is 10.2. The first kappa shape index (κ1) is 10.6. The van der Waals surface area contributed by atoms with Gasteiger partial charge in [-0.3, -0.25) is 0 Å². The van der Waals surface area contributed by atoms with Crippen molar-refractivity contribution in [3.8, 4) is 0 Å². The molecule has 0 aliphatic rings. The molecule has 0 aliphatic carbocycles. The van der Waals surface area contributed by atoms with Crippen molar-refractivity contribution in [2.75, 3.05) is 0 Å². The molecule has 0 aliphatic heterocycles. The van der Waals surface area contributed by atoms with E-state index in [1.54, 1.807) is 0 Å². The quantitative estimate of drug-likeness (QED) is 0.372. The number of nitrogens with one attached hydrogen (secondary N) is 1. The third-order valence-corrected chi connectivity index (χ3v) is 3.45. The zero-order valence-electron chi connectivity index (χ0n) is 7.76. The third-order valence-electron chi connectivity index (χ3n) is 2.33. The van der Waals surface area contributed by atoms with Gasteiger partial charge in [-0.15, -0.1) is 0 Å². The summed E-state index contributed by atoms with van der Waals surface area (Å²) >= 11 is 14.1. The SMILES string of the molecule is Clc1nc(Cl)c2[nH]c3ccc(I)cc3c2n1. The monoisotopic (exact) mass is 363 g/mol. The minimum atomic E-state index is 0.164. The average molecular weight is 364 g/mol. The molecule has 6 heteroatoms. The minimum absolute atomic E-state index is 0.164. The number of nitrogens with zero attached hydrogens (tertiary/aromatic N) is 2. The molecule has 0 saturated carbocycles. The fourth-order valence-corrected chi connectivity index (χ4v) is 2.59. The Kier molecular flexibility index (Phi) is 2.45. The van der Waals surface area contributed by atoms with Crippen molar-refractivity contribution in [2.45, 2.75) is 0 Å². The molecule has 0 amide bonds. The number of halogens is 3. The molecule has 0 fully saturated rings. The lowest BCUT2D eigenvalue weighted by Gasteiger charge is -1.94. The number of fused-ring (bicyclic) bond motifs is 3. The Morgan fingerprint density at radius 1 is 1.19 bits per heavy atom. The van der Waals surface area contributed by atoms with Crippen LogP contribution < -0.4 is 0 Å². The second-order valence-corrected chi connectivity index (χ2v) is 5.26. The maximum Gasteiger partial charge on any atom is 0.224 e. The number of H-pyrrole nitrogens is 1. The zero-order valence-corrected chi connectivity index (χ0v) is 11.4. The van der Waals surface area contributed by atoms with Crippen LogP contribution in [0.4, 0.5) is 0 Å². The molecule has 0 saturated heterocycles. The van der Waals surface area contributed by atoms with E-state index < -0.39 is 0 Å². The molecule has 1 aromatic carbocycles. The summed E-state index contributed by atoms with van der Waals surface area (Å²) in [5, 5.41) is 1.52. The average Bonchev–Trinajstić information content (AvgIpc) is 2.57. The topological polar surface area (TPSA) is 41.6 Å². The predicted molar refractivity (Wildman–Crippen MR) is 74.1 cm³/mol. The van der Waals surface area contributed by atoms with Crippen LogP contribution in [-0.2, 0) is 0 Å². The third kappa shape index (κ3) is 1.56. The summed E-state index contributed by atoms with van der Waals surface area (Å²) in [7, 11) is 0. The second-order valence-electron chi connectivity index (χ2n) is 3.32. The summed E-state index contributed by atoms with van der Waals surface area (Å²) in [6.45, 7) is 0. The van der Waals surface area contributed by atoms with E-state index in [-0.39, 0.29) is 5.28 Å². The Morgan fingerprint density at radius 2 is 2.00 bits per heavy atom. The van der Waals surface area contributed by atoms with Crippen LogP contribution in [0.1, 0.15) is 0 Å². The van der Waals surface area contributed by atoms with Crippen molar-refractivity contribution in [1.29, 1.82) is 0 Å². The van der Waals surface area contributed by atoms with Gasteiger partial charge in [-0.1, -0.05) is 11.6 Å². The van der Waals surface area contributed by atoms with Gasteiger partial charge in [-0.05, 0) is 52.4 Å². The maximum atomic E-state index is 6.00. The minimum Gasteiger partial charge on any atom is -0.351 e. The van der Waals surface area contributed by atoms with Crippen LogP contribution in [0.25, 0.3) is 21.9 Å². The van der Waals surface area contributed by atoms with E-state index in [1.807, 2.05) is 18.2 Å². The summed E-state index contributed by atoms with van der Waals surface area (Å²) in [4.78, 5) is 11.3. The van der Waals surface area contributed by atoms with Crippen LogP contribution in [0.15, 0.2) is 18.2 Å². The smallest absolute Gasteiger partial charge is 0.224 e. The number of hydrogen-bond acceptors (Lipinski definition) is 2. The van der Waals surface area contributed by atoms with E-state index in [1.165, 1.54) is 0 Å². The van der Waals surface area contributed by atoms with Crippen LogP contribution >= 0.6 is 45.8 Å². The normalized spacial score (nSPS) is 11.4. The van der Waals surface area contributed by atoms with E-state index in [9.17, 15) is 0 Å². The lowest BCUT2D eigenvalue weighted by molar-refractivity contribution is 1.22. The van der Waals surface area contributed by atoms with Gasteiger partial charge in [0, 0.05) is 14.5 Å². The number of aromatic amines is 1. The van der Waals surface area contributed by atoms with E-state index in [2.05, 4.69) is 37.5 Å². The maximum absolute atomic E-state index is 6.00. The van der Waals surface area contributed by atoms with Crippen molar-refractivity contribution in [1.82, 2.24) is 15.0 Å². The van der Waals surface area contributed by atoms with Crippen molar-refractivity contribution >= 4 is 67.7 Å². The van der Waals surface area contributed by atoms with Crippen molar-refractivity contribution in [2.24, 2.45) is 0 Å². The lowest BCUT2D eigenvalue weighted by Crippen LogP contribution is -1.84. The van der Waals surface area contributed by atoms with Gasteiger partial charge in [0.2, 0.25) is 5.28 Å². The Hall–Kier alpha value is -0.590. The molecule has 3 nitrogen and oxygen atoms in total. The summed E-state index contributed by atoms with van der Waals surface area (Å²) in [5.41, 5.74) is 2.47. The molecule has 2 heterocycles. The standard InChI is InChI=1S/C10H4Cl2IN3/c11-9-8-7(15-10(12)16-9)5-3-4(13)1-2-6(5)14-8/h1-3,14H. The Morgan fingerprint density at radius 3 is 2.81 bits per heavy atom. The molecule has 1 N–H and O–H groups in total. The molecule has 0 radical (unpaired) electrons. The highest BCUT2D eigenvalue weighted by Gasteiger charge is 2.11. The van der Waals surface area contributed by atoms with Gasteiger partial charge in [0.1, 0.15) is 11.0 Å². The second kappa shape index (κ2) is 3.72. The molecule has 0 unspecified atom stereocenters. The van der Waals surface area contributed by atoms with Gasteiger partial charge in [-0.25, -0.2) is 9.97 Å². The summed E-state index contributed by atoms with van der Waals surface area (Å²) in [5.74, 6) is 0. The van der Waals surface area contributed by atoms with E-state index in [0.29, 0.717) is 5.15 Å². The first-order valence-electron chi connectivity index (χ1n) is 4.45. The van der Waals surface area contributed by atoms with Gasteiger partial charge in [0.15, 0.2) is 5.15 Å². The number of rotatable bonds is 0. The molecule has 0 spiro atoms. The first-order chi connectivity index (χ1) is 7.65. The summed E-state index contributed by atoms with van der Waals surface area (Å²) < 4.78 is 1.14. The molecular formula is C10H4Cl2IN3. The number of hydrogen-bond donors (Lipinski definition) is 1. The van der Waals surface area contributed by atoms with Crippen LogP contribution in [-0.4, -0.2) is 15.0 Å². The van der Waals surface area contributed by atoms with Gasteiger partial charge in [0.25, 0.3) is 0 Å². The van der Waals surface area contributed by atoms with Crippen molar-refractivity contribution < 1.29 is 0 Å². The molecule has 80 valence electrons. The van der Waals surface area contributed by atoms with E-state index in [0.717, 1.165) is 25.5 Å². The van der Waals surface area contributed by atoms with Gasteiger partial charge >= 0.3 is 0 Å². The highest BCUT2D eigenvalue weighted by atomic mass is 127. The molecule has 2 aromatic heterocycles. The van der Waals surface area contributed by atoms with Crippen molar-refractivity contribution in [3.05, 3.63) is 32.2 Å². The number of aromatic nitrogens is 3. The first-order valence-corrected chi connectivity index (χ1v) is 6.28. The Bertz CT molecular complexity index is 708. The number of benzene rings is 1. The van der Waals surface area contributed by atoms with Gasteiger partial charge in [-0.2, -0.15) is 0 Å². The van der Waals surface area contributed by atoms with Crippen LogP contribution in [0.3, 0.4) is 0 Å². The summed E-state index contributed by atoms with van der Waals surface area (Å²) in [6, 6.07) is 6.04. The van der Waals surface area contributed by atoms with Crippen LogP contribution in [0, 0.1) is 3.57 Å². The predicted octanol–water partition coefficient (Wildman–Crippen LogP) is 4.02. The van der Waals surface area contributed by atoms with Crippen molar-refractivity contribution in [3.63, 3.8) is 0 Å². The molecule has 0 bridgehead atoms. The highest BCUT2D eigenvalue weighted by Crippen LogP contribution is 2.29. The molecule has 3 rings (SSSR count). The Labute approximate surface area is 114 Å². The summed E-state index contributed by atoms with van der Waals surface area (Å²) in [6.07, 6.45) is 0. The highest BCUT2D eigenvalue weighted by molar-refractivity contribution is 14.1. The van der Waals surface area contributed by atoms with Gasteiger partial charge < -0.3 is 4.98 Å². The van der Waals surface area contributed by atoms with E-state index in [4.69, 9.17) is 23.2 Å². The molecule has 0 atom stereocenters. The van der Waals surface area contributed by atoms with E-state index >= 15 is 0 Å². The fraction of sp³-hybridized carbons (Fsp3) is 0. The molecule has 3 aromatic rings. The fourth-order valence-electron chi connectivity index (χ4n) is 1.67. The largest absolute Gasteiger partial charge is 0.351 e. The molecule has 16 heavy (non-hydrogen) atoms. The Balaban J connectivity index is 2.57. The van der Waals surface area contributed by atoms with Crippen LogP contribution in [0.5, 0.6) is 0 Å². The molecular weight excluding hydrogens is 360 g/mol.